The van der Waals surface area contributed by atoms with Crippen LogP contribution in [0.4, 0.5) is 0 Å². The SMILES string of the molecule is CCC(=CCC=N)CC1C=CC(C(=O)N2CCC(Cn3cc4c(C)c(C(=O)NCCOC)ccc4n3)CC2)=CC1. The van der Waals surface area contributed by atoms with Gasteiger partial charge in [-0.1, -0.05) is 36.8 Å². The second-order valence-electron chi connectivity index (χ2n) is 10.9. The molecular formula is C32H43N5O3. The lowest BCUT2D eigenvalue weighted by Crippen LogP contribution is -2.40. The van der Waals surface area contributed by atoms with E-state index in [9.17, 15) is 9.59 Å². The molecule has 0 bridgehead atoms. The molecule has 1 aliphatic carbocycles. The summed E-state index contributed by atoms with van der Waals surface area (Å²) < 4.78 is 7.02. The summed E-state index contributed by atoms with van der Waals surface area (Å²) in [5.41, 5.74) is 4.68. The molecule has 0 spiro atoms. The van der Waals surface area contributed by atoms with Crippen LogP contribution < -0.4 is 5.32 Å². The molecule has 2 aromatic rings. The van der Waals surface area contributed by atoms with Gasteiger partial charge < -0.3 is 20.4 Å². The third kappa shape index (κ3) is 7.36. The first kappa shape index (κ1) is 29.5. The maximum atomic E-state index is 13.2. The monoisotopic (exact) mass is 545 g/mol. The second-order valence-corrected chi connectivity index (χ2v) is 10.9. The van der Waals surface area contributed by atoms with E-state index in [0.717, 1.165) is 73.8 Å². The van der Waals surface area contributed by atoms with Crippen LogP contribution in [0.5, 0.6) is 0 Å². The molecule has 0 saturated carbocycles. The molecule has 2 N–H and O–H groups in total. The summed E-state index contributed by atoms with van der Waals surface area (Å²) in [4.78, 5) is 27.7. The van der Waals surface area contributed by atoms with E-state index in [1.807, 2.05) is 40.9 Å². The van der Waals surface area contributed by atoms with Gasteiger partial charge in [0.05, 0.1) is 12.1 Å². The number of allylic oxidation sites excluding steroid dienone is 4. The van der Waals surface area contributed by atoms with Gasteiger partial charge in [-0.2, -0.15) is 5.10 Å². The van der Waals surface area contributed by atoms with E-state index in [2.05, 4.69) is 30.5 Å². The fourth-order valence-electron chi connectivity index (χ4n) is 5.66. The first-order valence-electron chi connectivity index (χ1n) is 14.5. The molecule has 8 heteroatoms. The van der Waals surface area contributed by atoms with Crippen molar-refractivity contribution in [3.63, 3.8) is 0 Å². The van der Waals surface area contributed by atoms with Gasteiger partial charge in [-0.25, -0.2) is 0 Å². The van der Waals surface area contributed by atoms with E-state index in [-0.39, 0.29) is 11.8 Å². The molecule has 2 heterocycles. The Morgan fingerprint density at radius 3 is 2.73 bits per heavy atom. The Morgan fingerprint density at radius 1 is 1.25 bits per heavy atom. The number of nitrogens with zero attached hydrogens (tertiary/aromatic N) is 3. The average molecular weight is 546 g/mol. The van der Waals surface area contributed by atoms with Crippen LogP contribution in [0.25, 0.3) is 10.9 Å². The number of aryl methyl sites for hydroxylation is 1. The van der Waals surface area contributed by atoms with Crippen LogP contribution in [0, 0.1) is 24.2 Å². The van der Waals surface area contributed by atoms with E-state index in [4.69, 9.17) is 15.2 Å². The third-order valence-electron chi connectivity index (χ3n) is 8.13. The molecule has 4 rings (SSSR count). The van der Waals surface area contributed by atoms with Crippen LogP contribution in [0.1, 0.15) is 61.4 Å². The number of piperidine rings is 1. The first-order valence-corrected chi connectivity index (χ1v) is 14.5. The zero-order chi connectivity index (χ0) is 28.5. The standard InChI is InChI=1S/C32H43N5O3/c1-4-24(6-5-15-33)20-25-7-9-27(10-8-25)32(39)36-17-13-26(14-18-36)21-37-22-29-23(2)28(11-12-30(29)35-37)31(38)34-16-19-40-3/h6-7,9-12,15,22,25-26,33H,4-5,8,13-14,16-21H2,1-3H3,(H,34,38). The minimum Gasteiger partial charge on any atom is -0.383 e. The van der Waals surface area contributed by atoms with Crippen molar-refractivity contribution in [1.29, 1.82) is 5.41 Å². The van der Waals surface area contributed by atoms with Gasteiger partial charge in [0.2, 0.25) is 0 Å². The number of nitrogens with one attached hydrogen (secondary N) is 2. The average Bonchev–Trinajstić information content (AvgIpc) is 3.39. The highest BCUT2D eigenvalue weighted by atomic mass is 16.5. The van der Waals surface area contributed by atoms with Crippen LogP contribution in [0.3, 0.4) is 0 Å². The number of benzene rings is 1. The van der Waals surface area contributed by atoms with Crippen molar-refractivity contribution in [2.45, 2.75) is 58.9 Å². The Labute approximate surface area is 237 Å². The molecule has 1 aliphatic heterocycles. The lowest BCUT2D eigenvalue weighted by molar-refractivity contribution is -0.128. The fourth-order valence-corrected chi connectivity index (χ4v) is 5.66. The van der Waals surface area contributed by atoms with Gasteiger partial charge in [0.1, 0.15) is 0 Å². The van der Waals surface area contributed by atoms with Crippen molar-refractivity contribution in [2.24, 2.45) is 11.8 Å². The second kappa shape index (κ2) is 14.2. The lowest BCUT2D eigenvalue weighted by Gasteiger charge is -2.32. The van der Waals surface area contributed by atoms with Gasteiger partial charge in [-0.3, -0.25) is 14.3 Å². The molecule has 2 aliphatic rings. The van der Waals surface area contributed by atoms with Gasteiger partial charge in [0, 0.05) is 62.4 Å². The highest BCUT2D eigenvalue weighted by molar-refractivity contribution is 6.00. The normalized spacial score (nSPS) is 18.2. The Balaban J connectivity index is 1.28. The summed E-state index contributed by atoms with van der Waals surface area (Å²) in [6.45, 7) is 7.42. The number of ether oxygens (including phenoxy) is 1. The van der Waals surface area contributed by atoms with E-state index >= 15 is 0 Å². The van der Waals surface area contributed by atoms with Crippen LogP contribution in [-0.2, 0) is 16.1 Å². The summed E-state index contributed by atoms with van der Waals surface area (Å²) in [6.07, 6.45) is 17.4. The van der Waals surface area contributed by atoms with E-state index < -0.39 is 0 Å². The molecule has 40 heavy (non-hydrogen) atoms. The van der Waals surface area contributed by atoms with Gasteiger partial charge >= 0.3 is 0 Å². The molecule has 2 amide bonds. The molecule has 1 atom stereocenters. The minimum absolute atomic E-state index is 0.0960. The van der Waals surface area contributed by atoms with Crippen molar-refractivity contribution in [2.75, 3.05) is 33.4 Å². The highest BCUT2D eigenvalue weighted by Crippen LogP contribution is 2.28. The molecule has 1 saturated heterocycles. The summed E-state index contributed by atoms with van der Waals surface area (Å²) in [5.74, 6) is 0.922. The molecule has 214 valence electrons. The summed E-state index contributed by atoms with van der Waals surface area (Å²) in [6, 6.07) is 3.76. The van der Waals surface area contributed by atoms with Crippen LogP contribution in [0.2, 0.25) is 0 Å². The van der Waals surface area contributed by atoms with Crippen LogP contribution >= 0.6 is 0 Å². The number of likely N-dealkylation sites (tertiary alicyclic amines) is 1. The van der Waals surface area contributed by atoms with Crippen LogP contribution in [-0.4, -0.2) is 66.1 Å². The first-order chi connectivity index (χ1) is 19.4. The number of hydrogen-bond acceptors (Lipinski definition) is 5. The molecule has 1 aromatic carbocycles. The molecule has 8 nitrogen and oxygen atoms in total. The number of carbonyl (C=O) groups excluding carboxylic acids is 2. The zero-order valence-corrected chi connectivity index (χ0v) is 24.1. The predicted octanol–water partition coefficient (Wildman–Crippen LogP) is 5.23. The number of rotatable bonds is 12. The van der Waals surface area contributed by atoms with Crippen molar-refractivity contribution >= 4 is 28.9 Å². The Bertz CT molecular complexity index is 1300. The topological polar surface area (TPSA) is 100 Å². The quantitative estimate of drug-likeness (QED) is 0.217. The van der Waals surface area contributed by atoms with Crippen molar-refractivity contribution in [1.82, 2.24) is 20.0 Å². The molecule has 0 radical (unpaired) electrons. The van der Waals surface area contributed by atoms with E-state index in [1.54, 1.807) is 7.11 Å². The molecule has 1 fully saturated rings. The lowest BCUT2D eigenvalue weighted by atomic mass is 9.89. The Morgan fingerprint density at radius 2 is 2.05 bits per heavy atom. The number of fused-ring (bicyclic) bond motifs is 1. The smallest absolute Gasteiger partial charge is 0.253 e. The van der Waals surface area contributed by atoms with Crippen LogP contribution in [0.15, 0.2) is 53.8 Å². The van der Waals surface area contributed by atoms with E-state index in [0.29, 0.717) is 37.0 Å². The van der Waals surface area contributed by atoms with Gasteiger partial charge in [-0.05, 0) is 74.8 Å². The van der Waals surface area contributed by atoms with Gasteiger partial charge in [0.15, 0.2) is 0 Å². The summed E-state index contributed by atoms with van der Waals surface area (Å²) in [5, 5.41) is 15.9. The number of aromatic nitrogens is 2. The largest absolute Gasteiger partial charge is 0.383 e. The Kier molecular flexibility index (Phi) is 10.5. The number of amides is 2. The highest BCUT2D eigenvalue weighted by Gasteiger charge is 2.26. The number of methoxy groups -OCH3 is 1. The predicted molar refractivity (Wildman–Crippen MR) is 160 cm³/mol. The molecular weight excluding hydrogens is 502 g/mol. The zero-order valence-electron chi connectivity index (χ0n) is 24.1. The van der Waals surface area contributed by atoms with Crippen molar-refractivity contribution < 1.29 is 14.3 Å². The summed E-state index contributed by atoms with van der Waals surface area (Å²) in [7, 11) is 1.62. The Hall–Kier alpha value is -3.52. The van der Waals surface area contributed by atoms with E-state index in [1.165, 1.54) is 11.8 Å². The molecule has 1 aromatic heterocycles. The maximum Gasteiger partial charge on any atom is 0.253 e. The maximum absolute atomic E-state index is 13.2. The number of carbonyl (C=O) groups is 2. The van der Waals surface area contributed by atoms with Gasteiger partial charge in [0.25, 0.3) is 11.8 Å². The van der Waals surface area contributed by atoms with Gasteiger partial charge in [-0.15, -0.1) is 0 Å². The third-order valence-corrected chi connectivity index (χ3v) is 8.13. The van der Waals surface area contributed by atoms with Crippen molar-refractivity contribution in [3.05, 3.63) is 64.9 Å². The minimum atomic E-state index is -0.0960. The van der Waals surface area contributed by atoms with Crippen molar-refractivity contribution in [3.8, 4) is 0 Å². The fraction of sp³-hybridized carbons (Fsp3) is 0.500. The molecule has 1 unspecified atom stereocenters. The number of hydrogen-bond donors (Lipinski definition) is 2. The summed E-state index contributed by atoms with van der Waals surface area (Å²) >= 11 is 0.